The zero-order valence-electron chi connectivity index (χ0n) is 10.2. The molecule has 7 heteroatoms. The van der Waals surface area contributed by atoms with Crippen molar-refractivity contribution in [2.24, 2.45) is 0 Å². The van der Waals surface area contributed by atoms with Gasteiger partial charge in [0.2, 0.25) is 10.0 Å². The number of carbonyl (C=O) groups is 1. The van der Waals surface area contributed by atoms with E-state index in [1.807, 2.05) is 0 Å². The highest BCUT2D eigenvalue weighted by atomic mass is 35.5. The summed E-state index contributed by atoms with van der Waals surface area (Å²) in [5.41, 5.74) is -1.05. The van der Waals surface area contributed by atoms with Crippen LogP contribution in [0.25, 0.3) is 0 Å². The third-order valence-corrected chi connectivity index (χ3v) is 3.95. The van der Waals surface area contributed by atoms with Crippen LogP contribution in [0.5, 0.6) is 0 Å². The summed E-state index contributed by atoms with van der Waals surface area (Å²) in [7, 11) is -3.90. The third kappa shape index (κ3) is 3.69. The van der Waals surface area contributed by atoms with Crippen molar-refractivity contribution < 1.29 is 18.3 Å². The van der Waals surface area contributed by atoms with Crippen molar-refractivity contribution in [2.45, 2.75) is 31.2 Å². The SMILES string of the molecule is CC(C)(C)NS(=O)(=O)c1ccc(Cl)cc1C(=O)O. The van der Waals surface area contributed by atoms with Gasteiger partial charge >= 0.3 is 5.97 Å². The molecule has 0 saturated carbocycles. The van der Waals surface area contributed by atoms with E-state index in [0.29, 0.717) is 0 Å². The second-order valence-corrected chi connectivity index (χ2v) is 6.89. The molecule has 5 nitrogen and oxygen atoms in total. The highest BCUT2D eigenvalue weighted by molar-refractivity contribution is 7.89. The van der Waals surface area contributed by atoms with E-state index in [0.717, 1.165) is 6.07 Å². The molecule has 1 aromatic carbocycles. The van der Waals surface area contributed by atoms with Crippen molar-refractivity contribution >= 4 is 27.6 Å². The highest BCUT2D eigenvalue weighted by Gasteiger charge is 2.26. The Balaban J connectivity index is 3.37. The minimum atomic E-state index is -3.90. The van der Waals surface area contributed by atoms with Crippen molar-refractivity contribution in [2.75, 3.05) is 0 Å². The number of carboxylic acids is 1. The van der Waals surface area contributed by atoms with Crippen molar-refractivity contribution in [1.82, 2.24) is 4.72 Å². The lowest BCUT2D eigenvalue weighted by atomic mass is 10.1. The van der Waals surface area contributed by atoms with Gasteiger partial charge in [-0.2, -0.15) is 0 Å². The Kier molecular flexibility index (Phi) is 4.05. The molecule has 0 aliphatic heterocycles. The lowest BCUT2D eigenvalue weighted by molar-refractivity contribution is 0.0692. The van der Waals surface area contributed by atoms with Crippen molar-refractivity contribution in [1.29, 1.82) is 0 Å². The molecule has 0 bridgehead atoms. The standard InChI is InChI=1S/C11H14ClNO4S/c1-11(2,3)13-18(16,17)9-5-4-7(12)6-8(9)10(14)15/h4-6,13H,1-3H3,(H,14,15). The Bertz CT molecular complexity index is 575. The van der Waals surface area contributed by atoms with Crippen LogP contribution in [0.2, 0.25) is 5.02 Å². The van der Waals surface area contributed by atoms with Gasteiger partial charge in [0, 0.05) is 10.6 Å². The van der Waals surface area contributed by atoms with Gasteiger partial charge in [-0.1, -0.05) is 11.6 Å². The average Bonchev–Trinajstić information content (AvgIpc) is 2.12. The summed E-state index contributed by atoms with van der Waals surface area (Å²) in [6.07, 6.45) is 0. The Morgan fingerprint density at radius 2 is 1.89 bits per heavy atom. The summed E-state index contributed by atoms with van der Waals surface area (Å²) in [6, 6.07) is 3.63. The number of halogens is 1. The molecule has 0 atom stereocenters. The second-order valence-electron chi connectivity index (χ2n) is 4.80. The van der Waals surface area contributed by atoms with E-state index in [-0.39, 0.29) is 15.5 Å². The summed E-state index contributed by atoms with van der Waals surface area (Å²) >= 11 is 5.67. The molecule has 0 radical (unpaired) electrons. The lowest BCUT2D eigenvalue weighted by Gasteiger charge is -2.21. The average molecular weight is 292 g/mol. The zero-order chi connectivity index (χ0) is 14.1. The van der Waals surface area contributed by atoms with Gasteiger partial charge in [0.15, 0.2) is 0 Å². The van der Waals surface area contributed by atoms with Gasteiger partial charge in [-0.25, -0.2) is 17.9 Å². The van der Waals surface area contributed by atoms with Gasteiger partial charge in [-0.15, -0.1) is 0 Å². The number of benzene rings is 1. The predicted octanol–water partition coefficient (Wildman–Crippen LogP) is 2.11. The first-order chi connectivity index (χ1) is 8.03. The molecule has 2 N–H and O–H groups in total. The molecule has 0 amide bonds. The molecule has 0 saturated heterocycles. The lowest BCUT2D eigenvalue weighted by Crippen LogP contribution is -2.41. The highest BCUT2D eigenvalue weighted by Crippen LogP contribution is 2.21. The van der Waals surface area contributed by atoms with Gasteiger partial charge in [0.05, 0.1) is 10.5 Å². The molecular weight excluding hydrogens is 278 g/mol. The number of nitrogens with one attached hydrogen (secondary N) is 1. The number of hydrogen-bond acceptors (Lipinski definition) is 3. The molecular formula is C11H14ClNO4S. The van der Waals surface area contributed by atoms with Crippen LogP contribution >= 0.6 is 11.6 Å². The van der Waals surface area contributed by atoms with E-state index >= 15 is 0 Å². The van der Waals surface area contributed by atoms with Crippen LogP contribution in [0.3, 0.4) is 0 Å². The Morgan fingerprint density at radius 3 is 2.33 bits per heavy atom. The molecule has 0 spiro atoms. The maximum Gasteiger partial charge on any atom is 0.337 e. The fourth-order valence-corrected chi connectivity index (χ4v) is 3.13. The van der Waals surface area contributed by atoms with E-state index < -0.39 is 21.5 Å². The Hall–Kier alpha value is -1.11. The summed E-state index contributed by atoms with van der Waals surface area (Å²) in [4.78, 5) is 10.7. The van der Waals surface area contributed by atoms with E-state index in [2.05, 4.69) is 4.72 Å². The second kappa shape index (κ2) is 4.87. The number of sulfonamides is 1. The number of carboxylic acid groups (broad SMARTS) is 1. The Labute approximate surface area is 111 Å². The van der Waals surface area contributed by atoms with Gasteiger partial charge in [0.1, 0.15) is 0 Å². The van der Waals surface area contributed by atoms with E-state index in [9.17, 15) is 13.2 Å². The van der Waals surface area contributed by atoms with E-state index in [4.69, 9.17) is 16.7 Å². The molecule has 0 aliphatic rings. The summed E-state index contributed by atoms with van der Waals surface area (Å²) < 4.78 is 26.5. The van der Waals surface area contributed by atoms with Crippen LogP contribution in [0.1, 0.15) is 31.1 Å². The first kappa shape index (κ1) is 14.9. The van der Waals surface area contributed by atoms with Crippen molar-refractivity contribution in [3.05, 3.63) is 28.8 Å². The smallest absolute Gasteiger partial charge is 0.337 e. The fraction of sp³-hybridized carbons (Fsp3) is 0.364. The van der Waals surface area contributed by atoms with Crippen LogP contribution in [-0.2, 0) is 10.0 Å². The maximum atomic E-state index is 12.1. The molecule has 0 fully saturated rings. The maximum absolute atomic E-state index is 12.1. The molecule has 1 aromatic rings. The van der Waals surface area contributed by atoms with E-state index in [1.165, 1.54) is 12.1 Å². The molecule has 18 heavy (non-hydrogen) atoms. The Morgan fingerprint density at radius 1 is 1.33 bits per heavy atom. The van der Waals surface area contributed by atoms with Crippen LogP contribution in [0, 0.1) is 0 Å². The van der Waals surface area contributed by atoms with Crippen molar-refractivity contribution in [3.63, 3.8) is 0 Å². The summed E-state index contributed by atoms with van der Waals surface area (Å²) in [5, 5.41) is 9.17. The number of hydrogen-bond donors (Lipinski definition) is 2. The molecule has 100 valence electrons. The van der Waals surface area contributed by atoms with Crippen LogP contribution in [0.15, 0.2) is 23.1 Å². The zero-order valence-corrected chi connectivity index (χ0v) is 11.8. The quantitative estimate of drug-likeness (QED) is 0.893. The van der Waals surface area contributed by atoms with Crippen LogP contribution in [0.4, 0.5) is 0 Å². The normalized spacial score (nSPS) is 12.4. The fourth-order valence-electron chi connectivity index (χ4n) is 1.36. The summed E-state index contributed by atoms with van der Waals surface area (Å²) in [5.74, 6) is -1.34. The minimum absolute atomic E-state index is 0.169. The van der Waals surface area contributed by atoms with Crippen LogP contribution < -0.4 is 4.72 Å². The molecule has 0 aliphatic carbocycles. The van der Waals surface area contributed by atoms with Gasteiger partial charge < -0.3 is 5.11 Å². The van der Waals surface area contributed by atoms with Gasteiger partial charge in [-0.05, 0) is 39.0 Å². The molecule has 0 heterocycles. The monoisotopic (exact) mass is 291 g/mol. The van der Waals surface area contributed by atoms with Gasteiger partial charge in [0.25, 0.3) is 0 Å². The van der Waals surface area contributed by atoms with Gasteiger partial charge in [-0.3, -0.25) is 0 Å². The van der Waals surface area contributed by atoms with E-state index in [1.54, 1.807) is 20.8 Å². The first-order valence-electron chi connectivity index (χ1n) is 5.10. The predicted molar refractivity (Wildman–Crippen MR) is 68.5 cm³/mol. The number of rotatable bonds is 3. The number of aromatic carboxylic acids is 1. The van der Waals surface area contributed by atoms with Crippen LogP contribution in [-0.4, -0.2) is 25.0 Å². The van der Waals surface area contributed by atoms with Crippen molar-refractivity contribution in [3.8, 4) is 0 Å². The summed E-state index contributed by atoms with van der Waals surface area (Å²) in [6.45, 7) is 5.00. The molecule has 1 rings (SSSR count). The first-order valence-corrected chi connectivity index (χ1v) is 6.96. The topological polar surface area (TPSA) is 83.5 Å². The minimum Gasteiger partial charge on any atom is -0.478 e. The molecule has 0 aromatic heterocycles. The third-order valence-electron chi connectivity index (χ3n) is 1.90. The molecule has 0 unspecified atom stereocenters. The largest absolute Gasteiger partial charge is 0.478 e.